The van der Waals surface area contributed by atoms with Gasteiger partial charge in [-0.2, -0.15) is 4.80 Å². The highest BCUT2D eigenvalue weighted by Crippen LogP contribution is 2.25. The summed E-state index contributed by atoms with van der Waals surface area (Å²) in [6.45, 7) is 0. The van der Waals surface area contributed by atoms with Gasteiger partial charge >= 0.3 is 0 Å². The Morgan fingerprint density at radius 2 is 1.66 bits per heavy atom. The van der Waals surface area contributed by atoms with E-state index in [9.17, 15) is 0 Å². The minimum atomic E-state index is 0.666. The zero-order chi connectivity index (χ0) is 19.8. The fourth-order valence-corrected chi connectivity index (χ4v) is 3.49. The van der Waals surface area contributed by atoms with Crippen molar-refractivity contribution in [3.05, 3.63) is 95.0 Å². The number of rotatable bonds is 3. The molecule has 29 heavy (non-hydrogen) atoms. The molecule has 0 saturated carbocycles. The Kier molecular flexibility index (Phi) is 4.26. The van der Waals surface area contributed by atoms with Gasteiger partial charge in [0.25, 0.3) is 0 Å². The van der Waals surface area contributed by atoms with Crippen molar-refractivity contribution in [3.63, 3.8) is 0 Å². The predicted molar refractivity (Wildman–Crippen MR) is 121 cm³/mol. The Balaban J connectivity index is 1.50. The van der Waals surface area contributed by atoms with Crippen molar-refractivity contribution >= 4 is 51.2 Å². The number of hydrogen-bond donors (Lipinski definition) is 1. The summed E-state index contributed by atoms with van der Waals surface area (Å²) in [6, 6.07) is 25.7. The average Bonchev–Trinajstić information content (AvgIpc) is 3.19. The Morgan fingerprint density at radius 1 is 0.828 bits per heavy atom. The number of aromatic nitrogens is 3. The summed E-state index contributed by atoms with van der Waals surface area (Å²) >= 11 is 5.93. The highest BCUT2D eigenvalue weighted by molar-refractivity contribution is 6.30. The van der Waals surface area contributed by atoms with E-state index in [0.717, 1.165) is 43.6 Å². The Hall–Kier alpha value is -3.63. The molecule has 5 aromatic rings. The van der Waals surface area contributed by atoms with E-state index in [2.05, 4.69) is 23.3 Å². The molecule has 0 radical (unpaired) electrons. The number of fused-ring (bicyclic) bond motifs is 3. The van der Waals surface area contributed by atoms with Crippen molar-refractivity contribution in [2.45, 2.75) is 0 Å². The van der Waals surface area contributed by atoms with Gasteiger partial charge in [-0.25, -0.2) is 0 Å². The van der Waals surface area contributed by atoms with Crippen LogP contribution in [0, 0.1) is 0 Å². The molecule has 4 aromatic carbocycles. The second-order valence-electron chi connectivity index (χ2n) is 6.84. The fraction of sp³-hybridized carbons (Fsp3) is 0. The second kappa shape index (κ2) is 7.08. The summed E-state index contributed by atoms with van der Waals surface area (Å²) in [5.74, 6) is 0. The van der Waals surface area contributed by atoms with E-state index in [4.69, 9.17) is 22.4 Å². The Bertz CT molecular complexity index is 1370. The molecule has 0 aliphatic heterocycles. The first kappa shape index (κ1) is 17.5. The number of halogens is 1. The van der Waals surface area contributed by atoms with E-state index in [-0.39, 0.29) is 0 Å². The molecular formula is C24H17ClN4. The predicted octanol–water partition coefficient (Wildman–Crippen LogP) is 5.98. The van der Waals surface area contributed by atoms with Crippen LogP contribution in [0.15, 0.2) is 78.9 Å². The number of benzene rings is 4. The molecule has 0 aliphatic carbocycles. The topological polar surface area (TPSA) is 56.7 Å². The molecular weight excluding hydrogens is 380 g/mol. The molecule has 5 heteroatoms. The molecule has 0 aliphatic rings. The lowest BCUT2D eigenvalue weighted by Crippen LogP contribution is -2.00. The highest BCUT2D eigenvalue weighted by atomic mass is 35.5. The van der Waals surface area contributed by atoms with Crippen LogP contribution in [0.2, 0.25) is 5.02 Å². The van der Waals surface area contributed by atoms with Crippen LogP contribution in [0.5, 0.6) is 0 Å². The molecule has 0 atom stereocenters. The molecule has 2 N–H and O–H groups in total. The first-order chi connectivity index (χ1) is 14.2. The molecule has 1 heterocycles. The van der Waals surface area contributed by atoms with Gasteiger partial charge in [0.05, 0.1) is 5.69 Å². The summed E-state index contributed by atoms with van der Waals surface area (Å²) in [5.41, 5.74) is 11.5. The molecule has 0 bridgehead atoms. The van der Waals surface area contributed by atoms with Crippen molar-refractivity contribution in [3.8, 4) is 5.69 Å². The van der Waals surface area contributed by atoms with Crippen LogP contribution in [0.1, 0.15) is 11.1 Å². The molecule has 0 saturated heterocycles. The number of nitrogen functional groups attached to an aromatic ring is 1. The van der Waals surface area contributed by atoms with E-state index in [1.54, 1.807) is 4.80 Å². The normalized spacial score (nSPS) is 11.6. The molecule has 0 spiro atoms. The van der Waals surface area contributed by atoms with Crippen molar-refractivity contribution in [2.75, 3.05) is 5.73 Å². The summed E-state index contributed by atoms with van der Waals surface area (Å²) in [4.78, 5) is 1.64. The van der Waals surface area contributed by atoms with Crippen molar-refractivity contribution in [1.29, 1.82) is 0 Å². The lowest BCUT2D eigenvalue weighted by atomic mass is 10.1. The highest BCUT2D eigenvalue weighted by Gasteiger charge is 2.09. The van der Waals surface area contributed by atoms with Gasteiger partial charge in [0.2, 0.25) is 0 Å². The molecule has 140 valence electrons. The number of hydrogen-bond acceptors (Lipinski definition) is 3. The van der Waals surface area contributed by atoms with Crippen LogP contribution < -0.4 is 5.73 Å². The van der Waals surface area contributed by atoms with Crippen LogP contribution in [0.4, 0.5) is 5.69 Å². The van der Waals surface area contributed by atoms with Crippen LogP contribution in [0.25, 0.3) is 39.6 Å². The van der Waals surface area contributed by atoms with E-state index in [1.165, 1.54) is 0 Å². The van der Waals surface area contributed by atoms with Crippen LogP contribution in [-0.4, -0.2) is 15.0 Å². The van der Waals surface area contributed by atoms with Gasteiger partial charge in [0, 0.05) is 16.1 Å². The average molecular weight is 397 g/mol. The standard InChI is InChI=1S/C24H17ClN4/c25-19-11-6-16(7-12-19)5-8-18-9-13-20(15-22(18)26)29-27-23-14-10-17-3-1-2-4-21(17)24(23)28-29/h1-15H,26H2/b8-5+. The maximum atomic E-state index is 6.29. The maximum absolute atomic E-state index is 6.29. The Labute approximate surface area is 172 Å². The van der Waals surface area contributed by atoms with Gasteiger partial charge in [0.1, 0.15) is 11.0 Å². The SMILES string of the molecule is Nc1cc(-n2nc3ccc4ccccc4c3n2)ccc1/C=C/c1ccc(Cl)cc1. The molecule has 0 unspecified atom stereocenters. The number of anilines is 1. The molecule has 0 amide bonds. The quantitative estimate of drug-likeness (QED) is 0.301. The number of nitrogens with zero attached hydrogens (tertiary/aromatic N) is 3. The third-order valence-corrected chi connectivity index (χ3v) is 5.16. The summed E-state index contributed by atoms with van der Waals surface area (Å²) in [6.07, 6.45) is 4.00. The van der Waals surface area contributed by atoms with Gasteiger partial charge in [-0.1, -0.05) is 72.3 Å². The van der Waals surface area contributed by atoms with Gasteiger partial charge in [-0.05, 0) is 46.8 Å². The van der Waals surface area contributed by atoms with Crippen molar-refractivity contribution < 1.29 is 0 Å². The monoisotopic (exact) mass is 396 g/mol. The first-order valence-electron chi connectivity index (χ1n) is 9.26. The van der Waals surface area contributed by atoms with Gasteiger partial charge in [-0.3, -0.25) is 0 Å². The third-order valence-electron chi connectivity index (χ3n) is 4.90. The third kappa shape index (κ3) is 3.35. The smallest absolute Gasteiger partial charge is 0.121 e. The molecule has 1 aromatic heterocycles. The zero-order valence-corrected chi connectivity index (χ0v) is 16.2. The largest absolute Gasteiger partial charge is 0.398 e. The minimum absolute atomic E-state index is 0.666. The van der Waals surface area contributed by atoms with Crippen LogP contribution >= 0.6 is 11.6 Å². The van der Waals surface area contributed by atoms with Crippen LogP contribution in [-0.2, 0) is 0 Å². The van der Waals surface area contributed by atoms with E-state index >= 15 is 0 Å². The first-order valence-corrected chi connectivity index (χ1v) is 9.63. The maximum Gasteiger partial charge on any atom is 0.121 e. The van der Waals surface area contributed by atoms with Crippen molar-refractivity contribution in [1.82, 2.24) is 15.0 Å². The van der Waals surface area contributed by atoms with Crippen LogP contribution in [0.3, 0.4) is 0 Å². The summed E-state index contributed by atoms with van der Waals surface area (Å²) < 4.78 is 0. The lowest BCUT2D eigenvalue weighted by molar-refractivity contribution is 0.766. The van der Waals surface area contributed by atoms with Gasteiger partial charge in [-0.15, -0.1) is 10.2 Å². The second-order valence-corrected chi connectivity index (χ2v) is 7.28. The van der Waals surface area contributed by atoms with Crippen molar-refractivity contribution in [2.24, 2.45) is 0 Å². The minimum Gasteiger partial charge on any atom is -0.398 e. The molecule has 0 fully saturated rings. The number of nitrogens with two attached hydrogens (primary N) is 1. The fourth-order valence-electron chi connectivity index (χ4n) is 3.36. The van der Waals surface area contributed by atoms with E-state index in [0.29, 0.717) is 5.69 Å². The molecule has 5 rings (SSSR count). The Morgan fingerprint density at radius 3 is 2.48 bits per heavy atom. The zero-order valence-electron chi connectivity index (χ0n) is 15.5. The summed E-state index contributed by atoms with van der Waals surface area (Å²) in [7, 11) is 0. The van der Waals surface area contributed by atoms with E-state index < -0.39 is 0 Å². The lowest BCUT2D eigenvalue weighted by Gasteiger charge is -2.04. The van der Waals surface area contributed by atoms with E-state index in [1.807, 2.05) is 72.8 Å². The molecule has 4 nitrogen and oxygen atoms in total. The van der Waals surface area contributed by atoms with Gasteiger partial charge < -0.3 is 5.73 Å². The van der Waals surface area contributed by atoms with Gasteiger partial charge in [0.15, 0.2) is 0 Å². The summed E-state index contributed by atoms with van der Waals surface area (Å²) in [5, 5.41) is 12.3.